The van der Waals surface area contributed by atoms with Gasteiger partial charge in [0.2, 0.25) is 5.91 Å². The summed E-state index contributed by atoms with van der Waals surface area (Å²) >= 11 is 0. The van der Waals surface area contributed by atoms with E-state index in [1.54, 1.807) is 6.08 Å². The van der Waals surface area contributed by atoms with Crippen LogP contribution in [-0.4, -0.2) is 11.4 Å². The number of hydrogen-bond acceptors (Lipinski definition) is 1. The average molecular weight is 169 g/mol. The Hall–Kier alpha value is -1.05. The van der Waals surface area contributed by atoms with Gasteiger partial charge in [-0.1, -0.05) is 12.7 Å². The lowest BCUT2D eigenvalue weighted by Gasteiger charge is -2.18. The van der Waals surface area contributed by atoms with Crippen molar-refractivity contribution in [2.24, 2.45) is 0 Å². The maximum Gasteiger partial charge on any atom is 0.243 e. The van der Waals surface area contributed by atoms with E-state index in [4.69, 9.17) is 0 Å². The molecule has 0 aliphatic carbocycles. The first-order chi connectivity index (χ1) is 5.37. The van der Waals surface area contributed by atoms with E-state index in [0.29, 0.717) is 0 Å². The van der Waals surface area contributed by atoms with Crippen LogP contribution in [0.1, 0.15) is 27.7 Å². The van der Waals surface area contributed by atoms with Crippen LogP contribution in [0.4, 0.5) is 0 Å². The molecule has 0 aromatic rings. The first-order valence-corrected chi connectivity index (χ1v) is 3.89. The molecule has 0 fully saturated rings. The lowest BCUT2D eigenvalue weighted by atomic mass is 10.1. The highest BCUT2D eigenvalue weighted by Gasteiger charge is 2.10. The van der Waals surface area contributed by atoms with Gasteiger partial charge in [0.1, 0.15) is 0 Å². The van der Waals surface area contributed by atoms with Gasteiger partial charge >= 0.3 is 0 Å². The minimum atomic E-state index is -0.148. The molecule has 0 saturated carbocycles. The molecule has 0 radical (unpaired) electrons. The van der Waals surface area contributed by atoms with Gasteiger partial charge in [-0.15, -0.1) is 6.58 Å². The van der Waals surface area contributed by atoms with Gasteiger partial charge in [0, 0.05) is 5.54 Å². The zero-order valence-electron chi connectivity index (χ0n) is 8.48. The number of carbonyl (C=O) groups excluding carboxylic acids is 1. The van der Waals surface area contributed by atoms with E-state index in [9.17, 15) is 4.79 Å². The molecule has 0 bridgehead atoms. The van der Waals surface area contributed by atoms with Crippen molar-refractivity contribution in [2.45, 2.75) is 33.2 Å². The second-order valence-corrected chi connectivity index (χ2v) is 3.35. The molecular formula is C10H19NO. The molecule has 0 rings (SSSR count). The van der Waals surface area contributed by atoms with Gasteiger partial charge in [-0.2, -0.15) is 0 Å². The van der Waals surface area contributed by atoms with E-state index in [0.717, 1.165) is 0 Å². The Balaban J connectivity index is 0. The third kappa shape index (κ3) is 16.0. The second-order valence-electron chi connectivity index (χ2n) is 3.35. The summed E-state index contributed by atoms with van der Waals surface area (Å²) in [7, 11) is 0. The molecule has 0 heterocycles. The van der Waals surface area contributed by atoms with Crippen molar-refractivity contribution < 1.29 is 4.79 Å². The number of rotatable bonds is 1. The quantitative estimate of drug-likeness (QED) is 0.473. The molecule has 0 saturated heterocycles. The lowest BCUT2D eigenvalue weighted by Crippen LogP contribution is -2.39. The third-order valence-corrected chi connectivity index (χ3v) is 0.684. The molecule has 0 spiro atoms. The summed E-state index contributed by atoms with van der Waals surface area (Å²) in [6, 6.07) is 0. The third-order valence-electron chi connectivity index (χ3n) is 0.684. The predicted molar refractivity (Wildman–Crippen MR) is 54.0 cm³/mol. The van der Waals surface area contributed by atoms with Crippen LogP contribution in [-0.2, 0) is 4.79 Å². The van der Waals surface area contributed by atoms with Crippen LogP contribution < -0.4 is 5.32 Å². The second kappa shape index (κ2) is 6.65. The first kappa shape index (κ1) is 13.5. The van der Waals surface area contributed by atoms with Crippen LogP contribution in [0, 0.1) is 0 Å². The van der Waals surface area contributed by atoms with Crippen molar-refractivity contribution in [3.63, 3.8) is 0 Å². The highest BCUT2D eigenvalue weighted by Crippen LogP contribution is 1.97. The van der Waals surface area contributed by atoms with E-state index in [-0.39, 0.29) is 11.4 Å². The highest BCUT2D eigenvalue weighted by molar-refractivity contribution is 5.87. The zero-order valence-corrected chi connectivity index (χ0v) is 8.48. The maximum absolute atomic E-state index is 10.6. The highest BCUT2D eigenvalue weighted by atomic mass is 16.1. The van der Waals surface area contributed by atoms with E-state index < -0.39 is 0 Å². The van der Waals surface area contributed by atoms with Crippen LogP contribution >= 0.6 is 0 Å². The minimum Gasteiger partial charge on any atom is -0.348 e. The summed E-state index contributed by atoms with van der Waals surface area (Å²) in [4.78, 5) is 10.6. The monoisotopic (exact) mass is 169 g/mol. The Labute approximate surface area is 75.4 Å². The molecule has 2 heteroatoms. The van der Waals surface area contributed by atoms with Crippen molar-refractivity contribution >= 4 is 5.91 Å². The maximum atomic E-state index is 10.6. The Morgan fingerprint density at radius 2 is 1.67 bits per heavy atom. The molecule has 0 aromatic carbocycles. The van der Waals surface area contributed by atoms with Crippen LogP contribution in [0.15, 0.2) is 25.3 Å². The summed E-state index contributed by atoms with van der Waals surface area (Å²) in [6.07, 6.45) is 3.02. The fourth-order valence-corrected chi connectivity index (χ4v) is 0.421. The van der Waals surface area contributed by atoms with Gasteiger partial charge in [0.05, 0.1) is 0 Å². The summed E-state index contributed by atoms with van der Waals surface area (Å²) in [5.41, 5.74) is -0.148. The molecule has 0 aliphatic heterocycles. The molecule has 0 aliphatic rings. The van der Waals surface area contributed by atoms with E-state index in [2.05, 4.69) is 18.5 Å². The molecule has 12 heavy (non-hydrogen) atoms. The molecule has 1 amide bonds. The number of amides is 1. The van der Waals surface area contributed by atoms with Crippen LogP contribution in [0.3, 0.4) is 0 Å². The zero-order chi connectivity index (χ0) is 10.2. The standard InChI is InChI=1S/C7H13NO.C3H6/c1-5-6(9)8-7(2,3)4;1-3-2/h5H,1H2,2-4H3,(H,8,9);3H,1H2,2H3. The largest absolute Gasteiger partial charge is 0.348 e. The Bertz CT molecular complexity index is 154. The Morgan fingerprint density at radius 3 is 1.75 bits per heavy atom. The van der Waals surface area contributed by atoms with Gasteiger partial charge in [-0.05, 0) is 33.8 Å². The van der Waals surface area contributed by atoms with E-state index >= 15 is 0 Å². The van der Waals surface area contributed by atoms with Crippen LogP contribution in [0.5, 0.6) is 0 Å². The summed E-state index contributed by atoms with van der Waals surface area (Å²) in [5.74, 6) is -0.123. The number of carbonyl (C=O) groups is 1. The number of allylic oxidation sites excluding steroid dienone is 1. The van der Waals surface area contributed by atoms with Crippen molar-refractivity contribution in [1.29, 1.82) is 0 Å². The first-order valence-electron chi connectivity index (χ1n) is 3.89. The number of nitrogens with one attached hydrogen (secondary N) is 1. The predicted octanol–water partition coefficient (Wildman–Crippen LogP) is 2.28. The summed E-state index contributed by atoms with van der Waals surface area (Å²) in [5, 5.41) is 2.71. The molecule has 0 unspecified atom stereocenters. The molecule has 70 valence electrons. The average Bonchev–Trinajstić information content (AvgIpc) is 1.86. The van der Waals surface area contributed by atoms with Gasteiger partial charge in [-0.3, -0.25) is 4.79 Å². The Morgan fingerprint density at radius 1 is 1.33 bits per heavy atom. The Kier molecular flexibility index (Phi) is 7.50. The van der Waals surface area contributed by atoms with E-state index in [1.165, 1.54) is 6.08 Å². The summed E-state index contributed by atoms with van der Waals surface area (Å²) in [6.45, 7) is 14.4. The van der Waals surface area contributed by atoms with Gasteiger partial charge < -0.3 is 5.32 Å². The van der Waals surface area contributed by atoms with Crippen molar-refractivity contribution in [1.82, 2.24) is 5.32 Å². The van der Waals surface area contributed by atoms with Crippen LogP contribution in [0.2, 0.25) is 0 Å². The van der Waals surface area contributed by atoms with Crippen molar-refractivity contribution in [3.05, 3.63) is 25.3 Å². The van der Waals surface area contributed by atoms with Crippen molar-refractivity contribution in [2.75, 3.05) is 0 Å². The topological polar surface area (TPSA) is 29.1 Å². The minimum absolute atomic E-state index is 0.123. The van der Waals surface area contributed by atoms with Crippen molar-refractivity contribution in [3.8, 4) is 0 Å². The van der Waals surface area contributed by atoms with Gasteiger partial charge in [-0.25, -0.2) is 0 Å². The molecule has 0 aromatic heterocycles. The number of hydrogen-bond donors (Lipinski definition) is 1. The molecule has 1 N–H and O–H groups in total. The molecule has 0 atom stereocenters. The molecule has 2 nitrogen and oxygen atoms in total. The molecular weight excluding hydrogens is 150 g/mol. The fraction of sp³-hybridized carbons (Fsp3) is 0.500. The lowest BCUT2D eigenvalue weighted by molar-refractivity contribution is -0.117. The SMILES string of the molecule is C=CC.C=CC(=O)NC(C)(C)C. The smallest absolute Gasteiger partial charge is 0.243 e. The van der Waals surface area contributed by atoms with Gasteiger partial charge in [0.25, 0.3) is 0 Å². The fourth-order valence-electron chi connectivity index (χ4n) is 0.421. The van der Waals surface area contributed by atoms with E-state index in [1.807, 2.05) is 27.7 Å². The summed E-state index contributed by atoms with van der Waals surface area (Å²) < 4.78 is 0. The van der Waals surface area contributed by atoms with Gasteiger partial charge in [0.15, 0.2) is 0 Å². The van der Waals surface area contributed by atoms with Crippen LogP contribution in [0.25, 0.3) is 0 Å². The normalized spacial score (nSPS) is 9.00.